The first-order valence-electron chi connectivity index (χ1n) is 12.8. The van der Waals surface area contributed by atoms with Crippen LogP contribution in [0.25, 0.3) is 11.3 Å². The summed E-state index contributed by atoms with van der Waals surface area (Å²) in [7, 11) is 0. The van der Waals surface area contributed by atoms with Crippen LogP contribution in [-0.4, -0.2) is 89.2 Å². The molecule has 3 aliphatic heterocycles. The Morgan fingerprint density at radius 1 is 1.26 bits per heavy atom. The van der Waals surface area contributed by atoms with Gasteiger partial charge in [0, 0.05) is 17.8 Å². The number of fused-ring (bicyclic) bond motifs is 3. The Bertz CT molecular complexity index is 1220. The Labute approximate surface area is 219 Å². The van der Waals surface area contributed by atoms with Gasteiger partial charge in [-0.15, -0.1) is 0 Å². The Balaban J connectivity index is 1.62. The normalized spacial score (nSPS) is 22.0. The number of aromatic nitrogens is 2. The van der Waals surface area contributed by atoms with E-state index in [4.69, 9.17) is 29.3 Å². The Morgan fingerprint density at radius 2 is 2.00 bits per heavy atom. The highest BCUT2D eigenvalue weighted by atomic mass is 19.1. The van der Waals surface area contributed by atoms with Crippen molar-refractivity contribution in [2.45, 2.75) is 51.3 Å². The molecule has 2 aromatic rings. The van der Waals surface area contributed by atoms with Gasteiger partial charge < -0.3 is 29.1 Å². The molecule has 5 rings (SSSR count). The minimum Gasteiger partial charge on any atom is -0.469 e. The van der Waals surface area contributed by atoms with Crippen molar-refractivity contribution in [1.29, 1.82) is 0 Å². The number of morpholine rings is 1. The summed E-state index contributed by atoms with van der Waals surface area (Å²) >= 11 is 0. The van der Waals surface area contributed by atoms with E-state index in [9.17, 15) is 9.59 Å². The molecule has 2 amide bonds. The number of nitrogens with zero attached hydrogens (tertiary/aromatic N) is 4. The third kappa shape index (κ3) is 4.97. The van der Waals surface area contributed by atoms with Gasteiger partial charge in [0.05, 0.1) is 44.1 Å². The van der Waals surface area contributed by atoms with Gasteiger partial charge in [-0.1, -0.05) is 0 Å². The standard InChI is InChI=1S/C26H32FN5O6/c1-4-31-14-26(2,3)38-22-20(23(31)34)21(29-24(30-22)32-16-6-7-17(32)13-36-12-16)18-8-5-15(11-19(18)27)28-25(35)37-10-9-33/h5,8,11,16-17,33H,4,6-7,9-10,12-14H2,1-3H3,(H,28,35). The molecule has 12 heteroatoms. The first-order chi connectivity index (χ1) is 18.2. The molecule has 204 valence electrons. The largest absolute Gasteiger partial charge is 0.469 e. The number of halogens is 1. The minimum atomic E-state index is -0.823. The van der Waals surface area contributed by atoms with Crippen molar-refractivity contribution in [3.8, 4) is 17.1 Å². The quantitative estimate of drug-likeness (QED) is 0.581. The first kappa shape index (κ1) is 26.1. The second-order valence-electron chi connectivity index (χ2n) is 10.2. The molecular formula is C26H32FN5O6. The fourth-order valence-corrected chi connectivity index (χ4v) is 5.28. The number of nitrogens with one attached hydrogen (secondary N) is 1. The second kappa shape index (κ2) is 10.3. The summed E-state index contributed by atoms with van der Waals surface area (Å²) in [5.74, 6) is -0.539. The Hall–Kier alpha value is -3.51. The van der Waals surface area contributed by atoms with Crippen LogP contribution in [0.5, 0.6) is 5.88 Å². The maximum absolute atomic E-state index is 15.6. The summed E-state index contributed by atoms with van der Waals surface area (Å²) in [6.07, 6.45) is 1.03. The maximum Gasteiger partial charge on any atom is 0.411 e. The predicted octanol–water partition coefficient (Wildman–Crippen LogP) is 2.82. The molecule has 2 N–H and O–H groups in total. The third-order valence-corrected chi connectivity index (χ3v) is 6.96. The molecule has 1 aromatic carbocycles. The monoisotopic (exact) mass is 529 g/mol. The van der Waals surface area contributed by atoms with Crippen LogP contribution in [0.15, 0.2) is 18.2 Å². The zero-order valence-corrected chi connectivity index (χ0v) is 21.7. The number of benzene rings is 1. The van der Waals surface area contributed by atoms with Gasteiger partial charge in [-0.3, -0.25) is 10.1 Å². The second-order valence-corrected chi connectivity index (χ2v) is 10.2. The highest BCUT2D eigenvalue weighted by Crippen LogP contribution is 2.40. The van der Waals surface area contributed by atoms with Crippen LogP contribution in [0.2, 0.25) is 0 Å². The fraction of sp³-hybridized carbons (Fsp3) is 0.538. The predicted molar refractivity (Wildman–Crippen MR) is 136 cm³/mol. The Kier molecular flexibility index (Phi) is 7.10. The van der Waals surface area contributed by atoms with Crippen LogP contribution in [0.4, 0.5) is 20.8 Å². The molecule has 1 aromatic heterocycles. The summed E-state index contributed by atoms with van der Waals surface area (Å²) in [4.78, 5) is 38.8. The summed E-state index contributed by atoms with van der Waals surface area (Å²) < 4.78 is 32.4. The third-order valence-electron chi connectivity index (χ3n) is 6.96. The van der Waals surface area contributed by atoms with Crippen LogP contribution < -0.4 is 15.0 Å². The maximum atomic E-state index is 15.6. The SMILES string of the molecule is CCN1CC(C)(C)Oc2nc(N3C4CCC3COC4)nc(-c3ccc(NC(=O)OCCO)cc3F)c2C1=O. The number of hydrogen-bond acceptors (Lipinski definition) is 9. The molecule has 2 unspecified atom stereocenters. The molecule has 0 saturated carbocycles. The molecule has 3 aliphatic rings. The van der Waals surface area contributed by atoms with E-state index < -0.39 is 17.5 Å². The number of rotatable bonds is 6. The van der Waals surface area contributed by atoms with Crippen LogP contribution in [-0.2, 0) is 9.47 Å². The van der Waals surface area contributed by atoms with Crippen LogP contribution in [0, 0.1) is 5.82 Å². The van der Waals surface area contributed by atoms with Crippen molar-refractivity contribution >= 4 is 23.6 Å². The molecule has 2 saturated heterocycles. The number of amides is 2. The number of hydrogen-bond donors (Lipinski definition) is 2. The van der Waals surface area contributed by atoms with E-state index in [2.05, 4.69) is 10.2 Å². The van der Waals surface area contributed by atoms with Gasteiger partial charge in [-0.25, -0.2) is 14.2 Å². The molecule has 0 radical (unpaired) electrons. The number of aliphatic hydroxyl groups is 1. The van der Waals surface area contributed by atoms with Crippen molar-refractivity contribution < 1.29 is 33.3 Å². The van der Waals surface area contributed by atoms with Crippen LogP contribution >= 0.6 is 0 Å². The highest BCUT2D eigenvalue weighted by molar-refractivity contribution is 6.03. The lowest BCUT2D eigenvalue weighted by molar-refractivity contribution is 0.0540. The van der Waals surface area contributed by atoms with Crippen molar-refractivity contribution in [2.75, 3.05) is 49.7 Å². The number of carbonyl (C=O) groups is 2. The van der Waals surface area contributed by atoms with Crippen LogP contribution in [0.1, 0.15) is 44.0 Å². The number of aliphatic hydroxyl groups excluding tert-OH is 1. The molecule has 4 heterocycles. The molecule has 0 spiro atoms. The minimum absolute atomic E-state index is 0.0764. The number of ether oxygens (including phenoxy) is 3. The van der Waals surface area contributed by atoms with Gasteiger partial charge >= 0.3 is 6.09 Å². The lowest BCUT2D eigenvalue weighted by atomic mass is 10.0. The van der Waals surface area contributed by atoms with E-state index >= 15 is 4.39 Å². The molecule has 11 nitrogen and oxygen atoms in total. The van der Waals surface area contributed by atoms with Gasteiger partial charge in [0.1, 0.15) is 23.6 Å². The van der Waals surface area contributed by atoms with Crippen molar-refractivity contribution in [3.63, 3.8) is 0 Å². The summed E-state index contributed by atoms with van der Waals surface area (Å²) in [6.45, 7) is 6.98. The van der Waals surface area contributed by atoms with Gasteiger partial charge in [0.2, 0.25) is 11.8 Å². The topological polar surface area (TPSA) is 126 Å². The van der Waals surface area contributed by atoms with E-state index in [0.717, 1.165) is 18.9 Å². The number of carbonyl (C=O) groups excluding carboxylic acids is 2. The molecule has 0 aliphatic carbocycles. The van der Waals surface area contributed by atoms with Gasteiger partial charge in [-0.05, 0) is 51.8 Å². The highest BCUT2D eigenvalue weighted by Gasteiger charge is 2.42. The lowest BCUT2D eigenvalue weighted by Gasteiger charge is -2.35. The van der Waals surface area contributed by atoms with Gasteiger partial charge in [-0.2, -0.15) is 4.98 Å². The fourth-order valence-electron chi connectivity index (χ4n) is 5.28. The first-order valence-corrected chi connectivity index (χ1v) is 12.8. The van der Waals surface area contributed by atoms with E-state index in [0.29, 0.717) is 32.3 Å². The van der Waals surface area contributed by atoms with Crippen molar-refractivity contribution in [2.24, 2.45) is 0 Å². The molecule has 38 heavy (non-hydrogen) atoms. The summed E-state index contributed by atoms with van der Waals surface area (Å²) in [5, 5.41) is 11.2. The summed E-state index contributed by atoms with van der Waals surface area (Å²) in [6, 6.07) is 4.25. The zero-order valence-electron chi connectivity index (χ0n) is 21.7. The lowest BCUT2D eigenvalue weighted by Crippen LogP contribution is -2.47. The summed E-state index contributed by atoms with van der Waals surface area (Å²) in [5.41, 5.74) is -0.273. The number of likely N-dealkylation sites (N-methyl/N-ethyl adjacent to an activating group) is 1. The molecule has 2 bridgehead atoms. The Morgan fingerprint density at radius 3 is 2.66 bits per heavy atom. The smallest absolute Gasteiger partial charge is 0.411 e. The number of anilines is 2. The average molecular weight is 530 g/mol. The van der Waals surface area contributed by atoms with E-state index in [1.807, 2.05) is 20.8 Å². The van der Waals surface area contributed by atoms with Crippen molar-refractivity contribution in [1.82, 2.24) is 14.9 Å². The van der Waals surface area contributed by atoms with Gasteiger partial charge in [0.25, 0.3) is 5.91 Å². The van der Waals surface area contributed by atoms with E-state index in [1.165, 1.54) is 12.1 Å². The van der Waals surface area contributed by atoms with E-state index in [-0.39, 0.29) is 59.6 Å². The van der Waals surface area contributed by atoms with Crippen molar-refractivity contribution in [3.05, 3.63) is 29.6 Å². The zero-order chi connectivity index (χ0) is 27.0. The van der Waals surface area contributed by atoms with E-state index in [1.54, 1.807) is 4.90 Å². The van der Waals surface area contributed by atoms with Gasteiger partial charge in [0.15, 0.2) is 0 Å². The molecule has 2 fully saturated rings. The average Bonchev–Trinajstić information content (AvgIpc) is 3.06. The van der Waals surface area contributed by atoms with Crippen LogP contribution in [0.3, 0.4) is 0 Å². The molecular weight excluding hydrogens is 497 g/mol. The molecule has 2 atom stereocenters.